The number of nitrogens with two attached hydrogens (primary N) is 1. The van der Waals surface area contributed by atoms with E-state index in [4.69, 9.17) is 5.73 Å². The molecule has 0 fully saturated rings. The van der Waals surface area contributed by atoms with Gasteiger partial charge in [0.2, 0.25) is 23.6 Å². The lowest BCUT2D eigenvalue weighted by Gasteiger charge is -2.23. The summed E-state index contributed by atoms with van der Waals surface area (Å²) in [4.78, 5) is 64.2. The van der Waals surface area contributed by atoms with Crippen LogP contribution in [0.5, 0.6) is 5.75 Å². The van der Waals surface area contributed by atoms with Crippen LogP contribution in [0, 0.1) is 34.6 Å². The number of nitrogens with one attached hydrogen (secondary N) is 4. The lowest BCUT2D eigenvalue weighted by atomic mass is 9.94. The Bertz CT molecular complexity index is 1460. The molecule has 3 atom stereocenters. The molecule has 0 spiro atoms. The van der Waals surface area contributed by atoms with Crippen molar-refractivity contribution >= 4 is 53.8 Å². The van der Waals surface area contributed by atoms with E-state index in [1.807, 2.05) is 53.0 Å². The van der Waals surface area contributed by atoms with Crippen LogP contribution in [0.25, 0.3) is 0 Å². The fraction of sp³-hybridized carbons (Fsp3) is 0.541. The van der Waals surface area contributed by atoms with Crippen molar-refractivity contribution in [1.29, 1.82) is 0 Å². The molecule has 0 radical (unpaired) electrons. The van der Waals surface area contributed by atoms with E-state index in [1.54, 1.807) is 12.1 Å². The van der Waals surface area contributed by atoms with Crippen molar-refractivity contribution < 1.29 is 39.3 Å². The molecule has 15 heteroatoms. The molecule has 0 aliphatic rings. The van der Waals surface area contributed by atoms with Gasteiger partial charge in [0.15, 0.2) is 0 Å². The van der Waals surface area contributed by atoms with Crippen molar-refractivity contribution in [2.24, 2.45) is 5.73 Å². The van der Waals surface area contributed by atoms with E-state index < -0.39 is 42.4 Å². The van der Waals surface area contributed by atoms with Gasteiger partial charge in [-0.3, -0.25) is 24.0 Å². The van der Waals surface area contributed by atoms with Gasteiger partial charge >= 0.3 is 5.97 Å². The molecule has 292 valence electrons. The molecule has 0 unspecified atom stereocenters. The summed E-state index contributed by atoms with van der Waals surface area (Å²) in [5, 5.41) is 20.9. The Morgan fingerprint density at radius 1 is 0.788 bits per heavy atom. The number of halogens is 1. The number of aromatic hydroxyl groups is 1. The van der Waals surface area contributed by atoms with Gasteiger partial charge in [0.25, 0.3) is 0 Å². The number of thioether (sulfide) groups is 1. The number of carbonyl (C=O) groups excluding carboxylic acids is 5. The average Bonchev–Trinajstić information content (AvgIpc) is 3.05. The standard InChI is InChI=1S/C37H55N5O7S.ClH.H2O/c1-22-15-23(2)29(24(3)16-22)20-32(37(48)39-13-10-8-9-11-34(45)49-6)41-33(44)21-40-36(47)31(12-14-50-7)42-35(46)30(38)19-28-25(4)17-27(43)18-26(28)5;;/h15-18,30-32,43H,8-14,19-21,38H2,1-7H3,(H,39,48)(H,40,47)(H,41,44)(H,42,46);1H;1H2/t30-,31+,32-;;/m0../s1. The van der Waals surface area contributed by atoms with E-state index >= 15 is 0 Å². The van der Waals surface area contributed by atoms with Crippen LogP contribution in [-0.4, -0.2) is 90.5 Å². The number of phenolic OH excluding ortho intramolecular Hbond substituents is 1. The number of unbranched alkanes of at least 4 members (excludes halogenated alkanes) is 2. The van der Waals surface area contributed by atoms with Gasteiger partial charge in [-0.1, -0.05) is 24.1 Å². The second-order valence-electron chi connectivity index (χ2n) is 12.8. The highest BCUT2D eigenvalue weighted by Crippen LogP contribution is 2.22. The first kappa shape index (κ1) is 48.1. The Labute approximate surface area is 318 Å². The van der Waals surface area contributed by atoms with Crippen molar-refractivity contribution in [2.75, 3.05) is 32.2 Å². The maximum absolute atomic E-state index is 13.3. The smallest absolute Gasteiger partial charge is 0.305 e. The number of amides is 4. The second-order valence-corrected chi connectivity index (χ2v) is 13.8. The van der Waals surface area contributed by atoms with Crippen LogP contribution >= 0.6 is 24.2 Å². The second kappa shape index (κ2) is 24.4. The topological polar surface area (TPSA) is 220 Å². The van der Waals surface area contributed by atoms with E-state index in [-0.39, 0.29) is 48.4 Å². The van der Waals surface area contributed by atoms with Crippen molar-refractivity contribution in [3.8, 4) is 5.75 Å². The van der Waals surface area contributed by atoms with Crippen molar-refractivity contribution in [1.82, 2.24) is 21.3 Å². The zero-order valence-electron chi connectivity index (χ0n) is 31.4. The van der Waals surface area contributed by atoms with Gasteiger partial charge in [-0.2, -0.15) is 11.8 Å². The molecule has 2 aromatic carbocycles. The van der Waals surface area contributed by atoms with E-state index in [0.29, 0.717) is 38.0 Å². The maximum atomic E-state index is 13.3. The van der Waals surface area contributed by atoms with Crippen molar-refractivity contribution in [3.63, 3.8) is 0 Å². The third-order valence-electron chi connectivity index (χ3n) is 8.59. The van der Waals surface area contributed by atoms with Crippen LogP contribution < -0.4 is 27.0 Å². The third kappa shape index (κ3) is 16.2. The molecule has 4 amide bonds. The first-order valence-electron chi connectivity index (χ1n) is 17.0. The quantitative estimate of drug-likeness (QED) is 0.0859. The normalized spacial score (nSPS) is 12.2. The largest absolute Gasteiger partial charge is 0.508 e. The molecular formula is C37H58ClN5O8S. The number of esters is 1. The Morgan fingerprint density at radius 3 is 1.92 bits per heavy atom. The molecule has 0 bridgehead atoms. The van der Waals surface area contributed by atoms with Crippen LogP contribution in [0.1, 0.15) is 71.0 Å². The average molecular weight is 768 g/mol. The minimum Gasteiger partial charge on any atom is -0.508 e. The first-order valence-corrected chi connectivity index (χ1v) is 18.4. The maximum Gasteiger partial charge on any atom is 0.305 e. The summed E-state index contributed by atoms with van der Waals surface area (Å²) in [5.41, 5.74) is 12.8. The fourth-order valence-electron chi connectivity index (χ4n) is 5.88. The number of benzene rings is 2. The summed E-state index contributed by atoms with van der Waals surface area (Å²) in [6.45, 7) is 9.58. The first-order chi connectivity index (χ1) is 23.7. The molecule has 52 heavy (non-hydrogen) atoms. The zero-order chi connectivity index (χ0) is 37.4. The molecule has 0 saturated carbocycles. The lowest BCUT2D eigenvalue weighted by molar-refractivity contribution is -0.140. The SMILES string of the molecule is COC(=O)CCCCCNC(=O)[C@H](Cc1c(C)cc(C)cc1C)NC(=O)CNC(=O)[C@@H](CCSC)NC(=O)[C@@H](N)Cc1c(C)cc(O)cc1C.Cl.O. The molecule has 2 rings (SSSR count). The van der Waals surface area contributed by atoms with Crippen molar-refractivity contribution in [2.45, 2.75) is 97.7 Å². The molecule has 9 N–H and O–H groups in total. The molecule has 13 nitrogen and oxygen atoms in total. The van der Waals surface area contributed by atoms with Gasteiger partial charge < -0.3 is 42.3 Å². The number of hydrogen-bond acceptors (Lipinski definition) is 9. The highest BCUT2D eigenvalue weighted by Gasteiger charge is 2.27. The summed E-state index contributed by atoms with van der Waals surface area (Å²) in [7, 11) is 1.35. The van der Waals surface area contributed by atoms with Crippen LogP contribution in [-0.2, 0) is 41.6 Å². The molecule has 2 aromatic rings. The molecule has 0 aliphatic heterocycles. The van der Waals surface area contributed by atoms with Gasteiger partial charge in [-0.15, -0.1) is 12.4 Å². The van der Waals surface area contributed by atoms with Crippen LogP contribution in [0.3, 0.4) is 0 Å². The number of phenols is 1. The van der Waals surface area contributed by atoms with Gasteiger partial charge in [-0.25, -0.2) is 0 Å². The highest BCUT2D eigenvalue weighted by atomic mass is 35.5. The van der Waals surface area contributed by atoms with Gasteiger partial charge in [0.05, 0.1) is 19.7 Å². The minimum absolute atomic E-state index is 0. The number of carbonyl (C=O) groups is 5. The Morgan fingerprint density at radius 2 is 1.35 bits per heavy atom. The van der Waals surface area contributed by atoms with Crippen LogP contribution in [0.4, 0.5) is 0 Å². The lowest BCUT2D eigenvalue weighted by Crippen LogP contribution is -2.54. The Hall–Kier alpha value is -3.85. The fourth-order valence-corrected chi connectivity index (χ4v) is 6.35. The number of rotatable bonds is 20. The minimum atomic E-state index is -0.939. The number of hydrogen-bond donors (Lipinski definition) is 6. The summed E-state index contributed by atoms with van der Waals surface area (Å²) in [5.74, 6) is -1.51. The van der Waals surface area contributed by atoms with Gasteiger partial charge in [0, 0.05) is 19.4 Å². The zero-order valence-corrected chi connectivity index (χ0v) is 33.0. The Balaban J connectivity index is 0.0000130. The highest BCUT2D eigenvalue weighted by molar-refractivity contribution is 7.98. The van der Waals surface area contributed by atoms with Crippen molar-refractivity contribution in [3.05, 3.63) is 63.2 Å². The third-order valence-corrected chi connectivity index (χ3v) is 9.24. The van der Waals surface area contributed by atoms with E-state index in [9.17, 15) is 29.1 Å². The number of methoxy groups -OCH3 is 1. The Kier molecular flexibility index (Phi) is 22.6. The van der Waals surface area contributed by atoms with Crippen LogP contribution in [0.2, 0.25) is 0 Å². The van der Waals surface area contributed by atoms with Gasteiger partial charge in [-0.05, 0) is 118 Å². The molecular weight excluding hydrogens is 710 g/mol. The number of aryl methyl sites for hydroxylation is 5. The van der Waals surface area contributed by atoms with Gasteiger partial charge in [0.1, 0.15) is 17.8 Å². The molecule has 0 heterocycles. The summed E-state index contributed by atoms with van der Waals surface area (Å²) in [6.07, 6.45) is 5.03. The predicted octanol–water partition coefficient (Wildman–Crippen LogP) is 2.33. The summed E-state index contributed by atoms with van der Waals surface area (Å²) >= 11 is 1.51. The predicted molar refractivity (Wildman–Crippen MR) is 208 cm³/mol. The van der Waals surface area contributed by atoms with E-state index in [1.165, 1.54) is 18.9 Å². The molecule has 0 aliphatic carbocycles. The molecule has 0 aromatic heterocycles. The number of ether oxygens (including phenoxy) is 1. The van der Waals surface area contributed by atoms with E-state index in [2.05, 4.69) is 26.0 Å². The van der Waals surface area contributed by atoms with E-state index in [0.717, 1.165) is 45.4 Å². The summed E-state index contributed by atoms with van der Waals surface area (Å²) in [6, 6.07) is 4.52. The summed E-state index contributed by atoms with van der Waals surface area (Å²) < 4.78 is 4.66. The molecule has 0 saturated heterocycles. The van der Waals surface area contributed by atoms with Crippen LogP contribution in [0.15, 0.2) is 24.3 Å². The monoisotopic (exact) mass is 767 g/mol.